The van der Waals surface area contributed by atoms with E-state index >= 15 is 0 Å². The molecule has 108 valence electrons. The van der Waals surface area contributed by atoms with Gasteiger partial charge in [-0.2, -0.15) is 4.39 Å². The highest BCUT2D eigenvalue weighted by molar-refractivity contribution is 7.98. The number of hydrogen-bond acceptors (Lipinski definition) is 4. The fraction of sp³-hybridized carbons (Fsp3) is 0.0714. The molecule has 0 bridgehead atoms. The molecule has 0 spiro atoms. The Bertz CT molecular complexity index is 705. The zero-order valence-electron chi connectivity index (χ0n) is 10.7. The largest absolute Gasteiger partial charge is 0.478 e. The summed E-state index contributed by atoms with van der Waals surface area (Å²) in [4.78, 5) is 21.4. The van der Waals surface area contributed by atoms with Crippen molar-refractivity contribution in [3.05, 3.63) is 69.5 Å². The lowest BCUT2D eigenvalue weighted by atomic mass is 10.2. The molecule has 0 aliphatic carbocycles. The molecular weight excluding hydrogens is 297 g/mol. The van der Waals surface area contributed by atoms with Crippen LogP contribution < -0.4 is 0 Å². The van der Waals surface area contributed by atoms with Gasteiger partial charge in [0.1, 0.15) is 0 Å². The van der Waals surface area contributed by atoms with Crippen LogP contribution in [0.2, 0.25) is 0 Å². The number of nitro groups is 1. The van der Waals surface area contributed by atoms with Gasteiger partial charge in [0.2, 0.25) is 5.82 Å². The van der Waals surface area contributed by atoms with Crippen molar-refractivity contribution >= 4 is 23.4 Å². The minimum absolute atomic E-state index is 0.171. The summed E-state index contributed by atoms with van der Waals surface area (Å²) in [5.41, 5.74) is 0.142. The number of aromatic carboxylic acids is 1. The Kier molecular flexibility index (Phi) is 4.54. The van der Waals surface area contributed by atoms with E-state index < -0.39 is 22.4 Å². The van der Waals surface area contributed by atoms with Gasteiger partial charge in [-0.15, -0.1) is 11.8 Å². The van der Waals surface area contributed by atoms with Crippen molar-refractivity contribution in [3.63, 3.8) is 0 Å². The van der Waals surface area contributed by atoms with Gasteiger partial charge in [0, 0.05) is 16.7 Å². The number of nitrogens with zero attached hydrogens (tertiary/aromatic N) is 1. The first-order valence-corrected chi connectivity index (χ1v) is 6.85. The Balaban J connectivity index is 2.16. The molecular formula is C14H10FNO4S. The van der Waals surface area contributed by atoms with E-state index in [1.807, 2.05) is 0 Å². The minimum Gasteiger partial charge on any atom is -0.478 e. The van der Waals surface area contributed by atoms with E-state index in [0.29, 0.717) is 16.2 Å². The van der Waals surface area contributed by atoms with Crippen molar-refractivity contribution in [2.45, 2.75) is 10.6 Å². The Morgan fingerprint density at radius 1 is 1.29 bits per heavy atom. The van der Waals surface area contributed by atoms with Gasteiger partial charge in [0.05, 0.1) is 10.5 Å². The van der Waals surface area contributed by atoms with Crippen molar-refractivity contribution in [2.24, 2.45) is 0 Å². The van der Waals surface area contributed by atoms with Crippen LogP contribution in [-0.4, -0.2) is 16.0 Å². The second-order valence-corrected chi connectivity index (χ2v) is 5.15. The van der Waals surface area contributed by atoms with Crippen LogP contribution in [0.4, 0.5) is 10.1 Å². The van der Waals surface area contributed by atoms with Gasteiger partial charge in [-0.05, 0) is 23.8 Å². The number of hydrogen-bond donors (Lipinski definition) is 1. The highest BCUT2D eigenvalue weighted by Gasteiger charge is 2.14. The van der Waals surface area contributed by atoms with Gasteiger partial charge in [-0.25, -0.2) is 4.79 Å². The van der Waals surface area contributed by atoms with Crippen LogP contribution in [0.1, 0.15) is 15.9 Å². The highest BCUT2D eigenvalue weighted by Crippen LogP contribution is 2.28. The molecule has 0 amide bonds. The molecule has 5 nitrogen and oxygen atoms in total. The summed E-state index contributed by atoms with van der Waals surface area (Å²) >= 11 is 1.23. The number of rotatable bonds is 5. The Labute approximate surface area is 123 Å². The van der Waals surface area contributed by atoms with Crippen LogP contribution in [0, 0.1) is 15.9 Å². The van der Waals surface area contributed by atoms with E-state index in [2.05, 4.69) is 0 Å². The smallest absolute Gasteiger partial charge is 0.336 e. The standard InChI is InChI=1S/C14H10FNO4S/c15-11-7-9(5-6-12(11)16(19)20)8-21-13-4-2-1-3-10(13)14(17)18/h1-7H,8H2,(H,17,18). The number of carbonyl (C=O) groups is 1. The van der Waals surface area contributed by atoms with E-state index in [1.165, 1.54) is 23.9 Å². The molecule has 0 aromatic heterocycles. The molecule has 0 aliphatic rings. The van der Waals surface area contributed by atoms with Crippen molar-refractivity contribution < 1.29 is 19.2 Å². The molecule has 1 N–H and O–H groups in total. The molecule has 2 aromatic rings. The second-order valence-electron chi connectivity index (χ2n) is 4.13. The molecule has 0 saturated heterocycles. The number of benzene rings is 2. The number of carboxylic acids is 1. The van der Waals surface area contributed by atoms with Crippen LogP contribution in [0.15, 0.2) is 47.4 Å². The van der Waals surface area contributed by atoms with E-state index in [4.69, 9.17) is 5.11 Å². The fourth-order valence-electron chi connectivity index (χ4n) is 1.72. The maximum Gasteiger partial charge on any atom is 0.336 e. The molecule has 0 radical (unpaired) electrons. The fourth-order valence-corrected chi connectivity index (χ4v) is 2.71. The van der Waals surface area contributed by atoms with E-state index in [-0.39, 0.29) is 5.56 Å². The summed E-state index contributed by atoms with van der Waals surface area (Å²) in [5.74, 6) is -1.61. The van der Waals surface area contributed by atoms with E-state index in [9.17, 15) is 19.3 Å². The van der Waals surface area contributed by atoms with Gasteiger partial charge in [-0.1, -0.05) is 18.2 Å². The first-order valence-electron chi connectivity index (χ1n) is 5.87. The summed E-state index contributed by atoms with van der Waals surface area (Å²) in [6.07, 6.45) is 0. The SMILES string of the molecule is O=C(O)c1ccccc1SCc1ccc([N+](=O)[O-])c(F)c1. The third kappa shape index (κ3) is 3.57. The summed E-state index contributed by atoms with van der Waals surface area (Å²) in [5, 5.41) is 19.6. The van der Waals surface area contributed by atoms with Gasteiger partial charge in [-0.3, -0.25) is 10.1 Å². The van der Waals surface area contributed by atoms with Crippen LogP contribution in [0.25, 0.3) is 0 Å². The van der Waals surface area contributed by atoms with Gasteiger partial charge in [0.15, 0.2) is 0 Å². The quantitative estimate of drug-likeness (QED) is 0.517. The van der Waals surface area contributed by atoms with Crippen molar-refractivity contribution in [2.75, 3.05) is 0 Å². The maximum absolute atomic E-state index is 13.5. The predicted octanol–water partition coefficient (Wildman–Crippen LogP) is 3.72. The molecule has 0 aliphatic heterocycles. The average molecular weight is 307 g/mol. The number of thioether (sulfide) groups is 1. The number of carboxylic acid groups (broad SMARTS) is 1. The van der Waals surface area contributed by atoms with Crippen molar-refractivity contribution in [1.29, 1.82) is 0 Å². The average Bonchev–Trinajstić information content (AvgIpc) is 2.45. The van der Waals surface area contributed by atoms with Crippen molar-refractivity contribution in [1.82, 2.24) is 0 Å². The number of nitro benzene ring substituents is 1. The summed E-state index contributed by atoms with van der Waals surface area (Å²) < 4.78 is 13.5. The van der Waals surface area contributed by atoms with Crippen LogP contribution in [-0.2, 0) is 5.75 Å². The zero-order chi connectivity index (χ0) is 15.4. The molecule has 2 rings (SSSR count). The van der Waals surface area contributed by atoms with E-state index in [0.717, 1.165) is 12.1 Å². The molecule has 7 heteroatoms. The van der Waals surface area contributed by atoms with Crippen LogP contribution in [0.3, 0.4) is 0 Å². The molecule has 0 heterocycles. The molecule has 0 unspecified atom stereocenters. The molecule has 21 heavy (non-hydrogen) atoms. The molecule has 0 atom stereocenters. The summed E-state index contributed by atoms with van der Waals surface area (Å²) in [7, 11) is 0. The van der Waals surface area contributed by atoms with Crippen LogP contribution in [0.5, 0.6) is 0 Å². The highest BCUT2D eigenvalue weighted by atomic mass is 32.2. The summed E-state index contributed by atoms with van der Waals surface area (Å²) in [6.45, 7) is 0. The Hall–Kier alpha value is -2.41. The van der Waals surface area contributed by atoms with Gasteiger partial charge in [0.25, 0.3) is 0 Å². The first kappa shape index (κ1) is 15.0. The molecule has 2 aromatic carbocycles. The normalized spacial score (nSPS) is 10.3. The first-order chi connectivity index (χ1) is 9.99. The lowest BCUT2D eigenvalue weighted by Crippen LogP contribution is -1.98. The van der Waals surface area contributed by atoms with Gasteiger partial charge < -0.3 is 5.11 Å². The monoisotopic (exact) mass is 307 g/mol. The van der Waals surface area contributed by atoms with E-state index in [1.54, 1.807) is 18.2 Å². The third-order valence-electron chi connectivity index (χ3n) is 2.72. The maximum atomic E-state index is 13.5. The molecule has 0 fully saturated rings. The molecule has 0 saturated carbocycles. The predicted molar refractivity (Wildman–Crippen MR) is 76.0 cm³/mol. The second kappa shape index (κ2) is 6.36. The Morgan fingerprint density at radius 3 is 2.62 bits per heavy atom. The number of halogens is 1. The minimum atomic E-state index is -1.03. The summed E-state index contributed by atoms with van der Waals surface area (Å²) in [6, 6.07) is 10.1. The Morgan fingerprint density at radius 2 is 2.00 bits per heavy atom. The lowest BCUT2D eigenvalue weighted by Gasteiger charge is -2.06. The third-order valence-corrected chi connectivity index (χ3v) is 3.87. The van der Waals surface area contributed by atoms with Gasteiger partial charge >= 0.3 is 11.7 Å². The topological polar surface area (TPSA) is 80.4 Å². The van der Waals surface area contributed by atoms with Crippen molar-refractivity contribution in [3.8, 4) is 0 Å². The van der Waals surface area contributed by atoms with Crippen LogP contribution >= 0.6 is 11.8 Å². The lowest BCUT2D eigenvalue weighted by molar-refractivity contribution is -0.387. The zero-order valence-corrected chi connectivity index (χ0v) is 11.5.